The van der Waals surface area contributed by atoms with E-state index >= 15 is 0 Å². The normalized spacial score (nSPS) is 27.4. The van der Waals surface area contributed by atoms with Crippen molar-refractivity contribution >= 4 is 0 Å². The smallest absolute Gasteiger partial charge is 0.0217 e. The van der Waals surface area contributed by atoms with Crippen LogP contribution in [0.3, 0.4) is 0 Å². The molecule has 0 radical (unpaired) electrons. The topological polar surface area (TPSA) is 52.0 Å². The van der Waals surface area contributed by atoms with Crippen LogP contribution in [-0.2, 0) is 0 Å². The molecule has 0 amide bonds. The molecule has 1 aliphatic carbocycles. The van der Waals surface area contributed by atoms with Gasteiger partial charge < -0.3 is 11.5 Å². The van der Waals surface area contributed by atoms with Crippen LogP contribution in [-0.4, -0.2) is 12.6 Å². The van der Waals surface area contributed by atoms with E-state index in [2.05, 4.69) is 6.92 Å². The fraction of sp³-hybridized carbons (Fsp3) is 1.00. The van der Waals surface area contributed by atoms with Crippen molar-refractivity contribution in [2.75, 3.05) is 6.54 Å². The van der Waals surface area contributed by atoms with Crippen LogP contribution in [0.5, 0.6) is 0 Å². The van der Waals surface area contributed by atoms with E-state index in [1.807, 2.05) is 0 Å². The van der Waals surface area contributed by atoms with Gasteiger partial charge in [-0.25, -0.2) is 0 Å². The lowest BCUT2D eigenvalue weighted by Gasteiger charge is -2.14. The van der Waals surface area contributed by atoms with Crippen LogP contribution in [0.25, 0.3) is 0 Å². The van der Waals surface area contributed by atoms with Crippen molar-refractivity contribution in [1.82, 2.24) is 0 Å². The van der Waals surface area contributed by atoms with Gasteiger partial charge in [-0.15, -0.1) is 0 Å². The number of nitrogens with two attached hydrogens (primary N) is 2. The van der Waals surface area contributed by atoms with Gasteiger partial charge in [-0.3, -0.25) is 0 Å². The molecular formula is C6H14N2. The standard InChI is InChI=1S/C6H14N2/c1-6(2-3-6)5(8)4-7/h5H,2-4,7-8H2,1H3. The van der Waals surface area contributed by atoms with E-state index in [1.165, 1.54) is 12.8 Å². The Hall–Kier alpha value is -0.0800. The molecule has 4 N–H and O–H groups in total. The van der Waals surface area contributed by atoms with E-state index in [-0.39, 0.29) is 6.04 Å². The second kappa shape index (κ2) is 1.71. The lowest BCUT2D eigenvalue weighted by atomic mass is 10.0. The quantitative estimate of drug-likeness (QED) is 0.534. The summed E-state index contributed by atoms with van der Waals surface area (Å²) in [6.45, 7) is 2.83. The highest BCUT2D eigenvalue weighted by atomic mass is 14.8. The van der Waals surface area contributed by atoms with E-state index in [0.717, 1.165) is 0 Å². The van der Waals surface area contributed by atoms with E-state index in [1.54, 1.807) is 0 Å². The van der Waals surface area contributed by atoms with Crippen LogP contribution < -0.4 is 11.5 Å². The minimum absolute atomic E-state index is 0.238. The Morgan fingerprint density at radius 1 is 1.62 bits per heavy atom. The van der Waals surface area contributed by atoms with Crippen molar-refractivity contribution in [2.45, 2.75) is 25.8 Å². The number of rotatable bonds is 2. The molecule has 1 saturated carbocycles. The van der Waals surface area contributed by atoms with Gasteiger partial charge in [0.05, 0.1) is 0 Å². The zero-order valence-electron chi connectivity index (χ0n) is 5.35. The average molecular weight is 114 g/mol. The van der Waals surface area contributed by atoms with Crippen LogP contribution in [0.4, 0.5) is 0 Å². The van der Waals surface area contributed by atoms with Gasteiger partial charge >= 0.3 is 0 Å². The fourth-order valence-electron chi connectivity index (χ4n) is 0.852. The molecule has 1 fully saturated rings. The van der Waals surface area contributed by atoms with Gasteiger partial charge in [0.15, 0.2) is 0 Å². The second-order valence-corrected chi connectivity index (χ2v) is 3.00. The highest BCUT2D eigenvalue weighted by molar-refractivity contribution is 4.97. The summed E-state index contributed by atoms with van der Waals surface area (Å²) in [5.74, 6) is 0. The SMILES string of the molecule is CC1(C(N)CN)CC1. The molecule has 0 bridgehead atoms. The minimum Gasteiger partial charge on any atom is -0.329 e. The predicted molar refractivity (Wildman–Crippen MR) is 34.4 cm³/mol. The Labute approximate surface area is 50.2 Å². The van der Waals surface area contributed by atoms with Crippen molar-refractivity contribution in [2.24, 2.45) is 16.9 Å². The second-order valence-electron chi connectivity index (χ2n) is 3.00. The van der Waals surface area contributed by atoms with Crippen LogP contribution in [0, 0.1) is 5.41 Å². The van der Waals surface area contributed by atoms with Crippen molar-refractivity contribution in [1.29, 1.82) is 0 Å². The van der Waals surface area contributed by atoms with Gasteiger partial charge in [0, 0.05) is 12.6 Å². The van der Waals surface area contributed by atoms with Gasteiger partial charge in [0.25, 0.3) is 0 Å². The van der Waals surface area contributed by atoms with Crippen molar-refractivity contribution < 1.29 is 0 Å². The molecule has 0 aromatic rings. The third-order valence-electron chi connectivity index (χ3n) is 2.19. The summed E-state index contributed by atoms with van der Waals surface area (Å²) in [5.41, 5.74) is 11.5. The molecule has 0 aromatic heterocycles. The molecule has 2 nitrogen and oxygen atoms in total. The summed E-state index contributed by atoms with van der Waals surface area (Å²) in [6.07, 6.45) is 2.54. The first kappa shape index (κ1) is 6.05. The Kier molecular flexibility index (Phi) is 1.29. The lowest BCUT2D eigenvalue weighted by Crippen LogP contribution is -2.37. The number of hydrogen-bond donors (Lipinski definition) is 2. The highest BCUT2D eigenvalue weighted by Crippen LogP contribution is 2.46. The maximum atomic E-state index is 5.69. The molecule has 0 aromatic carbocycles. The molecule has 0 spiro atoms. The first-order chi connectivity index (χ1) is 3.69. The van der Waals surface area contributed by atoms with E-state index < -0.39 is 0 Å². The molecule has 1 aliphatic rings. The van der Waals surface area contributed by atoms with Crippen molar-refractivity contribution in [3.8, 4) is 0 Å². The Morgan fingerprint density at radius 2 is 2.12 bits per heavy atom. The maximum absolute atomic E-state index is 5.69. The minimum atomic E-state index is 0.238. The summed E-state index contributed by atoms with van der Waals surface area (Å²) in [5, 5.41) is 0. The molecule has 48 valence electrons. The largest absolute Gasteiger partial charge is 0.329 e. The maximum Gasteiger partial charge on any atom is 0.0217 e. The monoisotopic (exact) mass is 114 g/mol. The summed E-state index contributed by atoms with van der Waals surface area (Å²) in [6, 6.07) is 0.238. The molecule has 1 atom stereocenters. The van der Waals surface area contributed by atoms with Gasteiger partial charge in [-0.1, -0.05) is 6.92 Å². The Balaban J connectivity index is 2.34. The molecular weight excluding hydrogens is 100 g/mol. The summed E-state index contributed by atoms with van der Waals surface area (Å²) < 4.78 is 0. The fourth-order valence-corrected chi connectivity index (χ4v) is 0.852. The Morgan fingerprint density at radius 3 is 2.25 bits per heavy atom. The average Bonchev–Trinajstić information content (AvgIpc) is 2.47. The molecule has 2 heteroatoms. The van der Waals surface area contributed by atoms with Gasteiger partial charge in [0.1, 0.15) is 0 Å². The van der Waals surface area contributed by atoms with E-state index in [0.29, 0.717) is 12.0 Å². The molecule has 1 unspecified atom stereocenters. The Bertz CT molecular complexity index is 86.5. The summed E-state index contributed by atoms with van der Waals surface area (Å²) in [4.78, 5) is 0. The van der Waals surface area contributed by atoms with Crippen LogP contribution in [0.1, 0.15) is 19.8 Å². The van der Waals surface area contributed by atoms with Crippen molar-refractivity contribution in [3.05, 3.63) is 0 Å². The van der Waals surface area contributed by atoms with Gasteiger partial charge in [-0.05, 0) is 18.3 Å². The summed E-state index contributed by atoms with van der Waals surface area (Å²) >= 11 is 0. The van der Waals surface area contributed by atoms with E-state index in [9.17, 15) is 0 Å². The predicted octanol–water partition coefficient (Wildman–Crippen LogP) is 0.0725. The zero-order valence-corrected chi connectivity index (χ0v) is 5.35. The van der Waals surface area contributed by atoms with Crippen LogP contribution >= 0.6 is 0 Å². The van der Waals surface area contributed by atoms with Crippen molar-refractivity contribution in [3.63, 3.8) is 0 Å². The summed E-state index contributed by atoms with van der Waals surface area (Å²) in [7, 11) is 0. The van der Waals surface area contributed by atoms with E-state index in [4.69, 9.17) is 11.5 Å². The van der Waals surface area contributed by atoms with Crippen LogP contribution in [0.15, 0.2) is 0 Å². The highest BCUT2D eigenvalue weighted by Gasteiger charge is 2.41. The molecule has 0 heterocycles. The lowest BCUT2D eigenvalue weighted by molar-refractivity contribution is 0.443. The molecule has 0 aliphatic heterocycles. The van der Waals surface area contributed by atoms with Gasteiger partial charge in [0.2, 0.25) is 0 Å². The third-order valence-corrected chi connectivity index (χ3v) is 2.19. The van der Waals surface area contributed by atoms with Crippen LogP contribution in [0.2, 0.25) is 0 Å². The molecule has 1 rings (SSSR count). The third kappa shape index (κ3) is 0.858. The first-order valence-electron chi connectivity index (χ1n) is 3.15. The first-order valence-corrected chi connectivity index (χ1v) is 3.15. The zero-order chi connectivity index (χ0) is 6.20. The van der Waals surface area contributed by atoms with Gasteiger partial charge in [-0.2, -0.15) is 0 Å². The molecule has 0 saturated heterocycles. The molecule has 8 heavy (non-hydrogen) atoms. The number of hydrogen-bond acceptors (Lipinski definition) is 2.